The maximum absolute atomic E-state index is 5.44. The van der Waals surface area contributed by atoms with Gasteiger partial charge < -0.3 is 9.47 Å². The Labute approximate surface area is 91.0 Å². The Morgan fingerprint density at radius 3 is 2.47 bits per heavy atom. The van der Waals surface area contributed by atoms with Crippen molar-refractivity contribution in [1.29, 1.82) is 0 Å². The Morgan fingerprint density at radius 2 is 1.80 bits per heavy atom. The second-order valence-corrected chi connectivity index (χ2v) is 3.47. The zero-order valence-electron chi connectivity index (χ0n) is 9.58. The highest BCUT2D eigenvalue weighted by Gasteiger charge is 2.01. The average Bonchev–Trinajstić information content (AvgIpc) is 2.67. The van der Waals surface area contributed by atoms with Gasteiger partial charge in [-0.3, -0.25) is 0 Å². The fourth-order valence-corrected chi connectivity index (χ4v) is 1.08. The summed E-state index contributed by atoms with van der Waals surface area (Å²) in [5.41, 5.74) is 0. The van der Waals surface area contributed by atoms with Gasteiger partial charge in [0.2, 0.25) is 11.8 Å². The molecule has 0 fully saturated rings. The van der Waals surface area contributed by atoms with Crippen molar-refractivity contribution in [2.75, 3.05) is 13.2 Å². The van der Waals surface area contributed by atoms with E-state index in [1.807, 2.05) is 0 Å². The molecule has 0 unspecified atom stereocenters. The van der Waals surface area contributed by atoms with E-state index >= 15 is 0 Å². The van der Waals surface area contributed by atoms with Crippen LogP contribution < -0.4 is 9.47 Å². The molecule has 0 spiro atoms. The van der Waals surface area contributed by atoms with Gasteiger partial charge in [-0.1, -0.05) is 26.7 Å². The molecule has 4 heteroatoms. The molecule has 0 aromatic carbocycles. The van der Waals surface area contributed by atoms with Crippen molar-refractivity contribution in [3.8, 4) is 11.8 Å². The van der Waals surface area contributed by atoms with Crippen molar-refractivity contribution in [1.82, 2.24) is 10.2 Å². The van der Waals surface area contributed by atoms with Crippen molar-refractivity contribution in [3.05, 3.63) is 6.07 Å². The van der Waals surface area contributed by atoms with Gasteiger partial charge in [-0.15, -0.1) is 5.10 Å². The molecule has 1 rings (SSSR count). The third-order valence-corrected chi connectivity index (χ3v) is 2.03. The van der Waals surface area contributed by atoms with Gasteiger partial charge in [0.1, 0.15) is 0 Å². The first-order valence-corrected chi connectivity index (χ1v) is 5.67. The molecule has 0 radical (unpaired) electrons. The molecular weight excluding hydrogens is 192 g/mol. The van der Waals surface area contributed by atoms with E-state index in [0.717, 1.165) is 38.9 Å². The first kappa shape index (κ1) is 11.9. The van der Waals surface area contributed by atoms with Crippen LogP contribution in [0.4, 0.5) is 0 Å². The second-order valence-electron chi connectivity index (χ2n) is 3.47. The highest BCUT2D eigenvalue weighted by Crippen LogP contribution is 2.15. The van der Waals surface area contributed by atoms with Crippen molar-refractivity contribution < 1.29 is 9.47 Å². The molecule has 1 N–H and O–H groups in total. The van der Waals surface area contributed by atoms with Gasteiger partial charge in [0, 0.05) is 0 Å². The average molecular weight is 212 g/mol. The van der Waals surface area contributed by atoms with Crippen LogP contribution in [0.5, 0.6) is 11.8 Å². The zero-order valence-corrected chi connectivity index (χ0v) is 9.58. The molecule has 1 aromatic heterocycles. The van der Waals surface area contributed by atoms with E-state index in [0.29, 0.717) is 11.8 Å². The Morgan fingerprint density at radius 1 is 1.13 bits per heavy atom. The van der Waals surface area contributed by atoms with E-state index in [1.54, 1.807) is 6.07 Å². The van der Waals surface area contributed by atoms with Crippen LogP contribution in [0, 0.1) is 0 Å². The smallest absolute Gasteiger partial charge is 0.236 e. The van der Waals surface area contributed by atoms with Crippen molar-refractivity contribution in [2.45, 2.75) is 39.5 Å². The number of nitrogens with one attached hydrogen (secondary N) is 1. The normalized spacial score (nSPS) is 10.3. The summed E-state index contributed by atoms with van der Waals surface area (Å²) >= 11 is 0. The summed E-state index contributed by atoms with van der Waals surface area (Å²) in [7, 11) is 0. The number of rotatable bonds is 8. The van der Waals surface area contributed by atoms with Crippen LogP contribution in [0.3, 0.4) is 0 Å². The molecule has 0 aliphatic carbocycles. The molecular formula is C11H20N2O2. The minimum absolute atomic E-state index is 0.620. The van der Waals surface area contributed by atoms with Crippen LogP contribution >= 0.6 is 0 Å². The standard InChI is InChI=1S/C11H20N2O2/c1-3-5-7-14-10-9-11(13-12-10)15-8-6-4-2/h9H,3-8H2,1-2H3,(H,12,13). The lowest BCUT2D eigenvalue weighted by molar-refractivity contribution is 0.295. The van der Waals surface area contributed by atoms with Gasteiger partial charge >= 0.3 is 0 Å². The highest BCUT2D eigenvalue weighted by molar-refractivity contribution is 5.18. The molecule has 0 saturated heterocycles. The SMILES string of the molecule is CCCCOc1cc(OCCCC)[nH]n1. The van der Waals surface area contributed by atoms with Gasteiger partial charge in [-0.2, -0.15) is 0 Å². The Bertz CT molecular complexity index is 236. The Hall–Kier alpha value is -1.19. The van der Waals surface area contributed by atoms with Gasteiger partial charge in [-0.25, -0.2) is 5.10 Å². The number of hydrogen-bond donors (Lipinski definition) is 1. The molecule has 0 amide bonds. The summed E-state index contributed by atoms with van der Waals surface area (Å²) in [5, 5.41) is 6.79. The predicted molar refractivity (Wildman–Crippen MR) is 59.4 cm³/mol. The lowest BCUT2D eigenvalue weighted by Crippen LogP contribution is -1.96. The summed E-state index contributed by atoms with van der Waals surface area (Å²) < 4.78 is 10.8. The van der Waals surface area contributed by atoms with Gasteiger partial charge in [-0.05, 0) is 12.8 Å². The van der Waals surface area contributed by atoms with Crippen LogP contribution in [0.15, 0.2) is 6.07 Å². The maximum atomic E-state index is 5.44. The lowest BCUT2D eigenvalue weighted by Gasteiger charge is -2.00. The molecule has 1 aromatic rings. The van der Waals surface area contributed by atoms with E-state index in [4.69, 9.17) is 9.47 Å². The van der Waals surface area contributed by atoms with E-state index in [9.17, 15) is 0 Å². The first-order chi connectivity index (χ1) is 7.36. The lowest BCUT2D eigenvalue weighted by atomic mass is 10.4. The van der Waals surface area contributed by atoms with Crippen molar-refractivity contribution in [3.63, 3.8) is 0 Å². The fraction of sp³-hybridized carbons (Fsp3) is 0.727. The molecule has 0 bridgehead atoms. The third-order valence-electron chi connectivity index (χ3n) is 2.03. The van der Waals surface area contributed by atoms with Crippen molar-refractivity contribution in [2.24, 2.45) is 0 Å². The summed E-state index contributed by atoms with van der Waals surface area (Å²) in [4.78, 5) is 0. The molecule has 0 aliphatic rings. The topological polar surface area (TPSA) is 47.1 Å². The maximum Gasteiger partial charge on any atom is 0.236 e. The molecule has 15 heavy (non-hydrogen) atoms. The number of aromatic amines is 1. The Balaban J connectivity index is 2.23. The minimum Gasteiger partial charge on any atom is -0.478 e. The highest BCUT2D eigenvalue weighted by atomic mass is 16.5. The largest absolute Gasteiger partial charge is 0.478 e. The fourth-order valence-electron chi connectivity index (χ4n) is 1.08. The van der Waals surface area contributed by atoms with E-state index in [2.05, 4.69) is 24.0 Å². The number of nitrogens with zero attached hydrogens (tertiary/aromatic N) is 1. The number of H-pyrrole nitrogens is 1. The second kappa shape index (κ2) is 7.15. The number of ether oxygens (including phenoxy) is 2. The van der Waals surface area contributed by atoms with Crippen LogP contribution in [0.2, 0.25) is 0 Å². The van der Waals surface area contributed by atoms with Crippen molar-refractivity contribution >= 4 is 0 Å². The van der Waals surface area contributed by atoms with E-state index in [-0.39, 0.29) is 0 Å². The minimum atomic E-state index is 0.620. The van der Waals surface area contributed by atoms with Crippen LogP contribution in [-0.2, 0) is 0 Å². The van der Waals surface area contributed by atoms with E-state index < -0.39 is 0 Å². The molecule has 0 saturated carbocycles. The van der Waals surface area contributed by atoms with Crippen LogP contribution in [-0.4, -0.2) is 23.4 Å². The summed E-state index contributed by atoms with van der Waals surface area (Å²) in [6.45, 7) is 5.71. The monoisotopic (exact) mass is 212 g/mol. The number of hydrogen-bond acceptors (Lipinski definition) is 3. The van der Waals surface area contributed by atoms with Crippen LogP contribution in [0.1, 0.15) is 39.5 Å². The number of unbranched alkanes of at least 4 members (excludes halogenated alkanes) is 2. The van der Waals surface area contributed by atoms with Crippen LogP contribution in [0.25, 0.3) is 0 Å². The molecule has 0 atom stereocenters. The summed E-state index contributed by atoms with van der Waals surface area (Å²) in [6, 6.07) is 1.80. The zero-order chi connectivity index (χ0) is 10.9. The predicted octanol–water partition coefficient (Wildman–Crippen LogP) is 2.77. The third kappa shape index (κ3) is 4.72. The van der Waals surface area contributed by atoms with Gasteiger partial charge in [0.05, 0.1) is 19.3 Å². The molecule has 0 aliphatic heterocycles. The molecule has 1 heterocycles. The van der Waals surface area contributed by atoms with Gasteiger partial charge in [0.15, 0.2) is 0 Å². The van der Waals surface area contributed by atoms with Gasteiger partial charge in [0.25, 0.3) is 0 Å². The summed E-state index contributed by atoms with van der Waals surface area (Å²) in [5.74, 6) is 1.31. The van der Waals surface area contributed by atoms with E-state index in [1.165, 1.54) is 0 Å². The quantitative estimate of drug-likeness (QED) is 0.674. The first-order valence-electron chi connectivity index (χ1n) is 5.67. The number of aromatic nitrogens is 2. The molecule has 4 nitrogen and oxygen atoms in total. The summed E-state index contributed by atoms with van der Waals surface area (Å²) in [6.07, 6.45) is 4.38. The Kier molecular flexibility index (Phi) is 5.66. The molecule has 86 valence electrons.